The predicted molar refractivity (Wildman–Crippen MR) is 100 cm³/mol. The Kier molecular flexibility index (Phi) is 7.66. The third kappa shape index (κ3) is 4.84. The monoisotopic (exact) mass is 387 g/mol. The number of rotatable bonds is 3. The van der Waals surface area contributed by atoms with Gasteiger partial charge in [0.15, 0.2) is 5.82 Å². The van der Waals surface area contributed by atoms with E-state index < -0.39 is 0 Å². The number of anilines is 1. The van der Waals surface area contributed by atoms with Crippen molar-refractivity contribution in [1.29, 1.82) is 0 Å². The molecule has 2 heterocycles. The highest BCUT2D eigenvalue weighted by Gasteiger charge is 2.27. The maximum absolute atomic E-state index is 12.5. The Bertz CT molecular complexity index is 701. The van der Waals surface area contributed by atoms with Crippen LogP contribution in [0.2, 0.25) is 0 Å². The number of hydrogen-bond acceptors (Lipinski definition) is 6. The van der Waals surface area contributed by atoms with Gasteiger partial charge in [0.1, 0.15) is 0 Å². The largest absolute Gasteiger partial charge is 0.399 e. The number of carbonyl (C=O) groups is 1. The van der Waals surface area contributed by atoms with E-state index in [2.05, 4.69) is 15.0 Å². The number of piperazine rings is 1. The number of halogens is 2. The summed E-state index contributed by atoms with van der Waals surface area (Å²) in [5.74, 6) is 1.29. The Morgan fingerprint density at radius 2 is 1.92 bits per heavy atom. The smallest absolute Gasteiger partial charge is 0.254 e. The fraction of sp³-hybridized carbons (Fsp3) is 0.438. The highest BCUT2D eigenvalue weighted by atomic mass is 35.5. The average Bonchev–Trinajstić information content (AvgIpc) is 3.00. The number of amides is 1. The third-order valence-electron chi connectivity index (χ3n) is 4.18. The molecule has 138 valence electrons. The van der Waals surface area contributed by atoms with Gasteiger partial charge < -0.3 is 15.2 Å². The number of aryl methyl sites for hydroxylation is 1. The normalized spacial score (nSPS) is 15.8. The molecule has 7 nitrogen and oxygen atoms in total. The van der Waals surface area contributed by atoms with Crippen LogP contribution in [0.25, 0.3) is 0 Å². The van der Waals surface area contributed by atoms with Crippen molar-refractivity contribution < 1.29 is 9.32 Å². The molecule has 1 unspecified atom stereocenters. The lowest BCUT2D eigenvalue weighted by atomic mass is 10.1. The molecular formula is C16H23Cl2N5O2. The lowest BCUT2D eigenvalue weighted by Crippen LogP contribution is -2.49. The maximum atomic E-state index is 12.5. The van der Waals surface area contributed by atoms with E-state index in [1.807, 2.05) is 18.7 Å². The van der Waals surface area contributed by atoms with Crippen molar-refractivity contribution >= 4 is 36.4 Å². The number of nitrogens with two attached hydrogens (primary N) is 1. The molecule has 0 saturated carbocycles. The molecule has 1 amide bonds. The lowest BCUT2D eigenvalue weighted by Gasteiger charge is -2.36. The van der Waals surface area contributed by atoms with Gasteiger partial charge in [-0.3, -0.25) is 9.69 Å². The van der Waals surface area contributed by atoms with Gasteiger partial charge in [0, 0.05) is 37.4 Å². The molecule has 0 bridgehead atoms. The quantitative estimate of drug-likeness (QED) is 0.812. The van der Waals surface area contributed by atoms with Crippen molar-refractivity contribution in [3.8, 4) is 0 Å². The molecule has 1 aromatic heterocycles. The maximum Gasteiger partial charge on any atom is 0.254 e. The van der Waals surface area contributed by atoms with E-state index in [1.54, 1.807) is 24.3 Å². The molecule has 9 heteroatoms. The first-order valence-electron chi connectivity index (χ1n) is 7.73. The number of benzene rings is 1. The minimum Gasteiger partial charge on any atom is -0.399 e. The summed E-state index contributed by atoms with van der Waals surface area (Å²) in [7, 11) is 0. The number of hydrogen-bond donors (Lipinski definition) is 1. The van der Waals surface area contributed by atoms with Gasteiger partial charge in [-0.2, -0.15) is 4.98 Å². The van der Waals surface area contributed by atoms with Gasteiger partial charge in [-0.1, -0.05) is 11.2 Å². The molecule has 0 spiro atoms. The molecule has 1 aliphatic heterocycles. The molecule has 1 fully saturated rings. The van der Waals surface area contributed by atoms with Crippen LogP contribution in [0.4, 0.5) is 5.69 Å². The van der Waals surface area contributed by atoms with E-state index in [1.165, 1.54) is 0 Å². The summed E-state index contributed by atoms with van der Waals surface area (Å²) in [5.41, 5.74) is 7.00. The standard InChI is InChI=1S/C16H21N5O2.2ClH/c1-11(15-18-12(2)19-23-15)20-6-8-21(9-7-20)16(22)13-4-3-5-14(17)10-13;;/h3-5,10-11H,6-9,17H2,1-2H3;2*1H. The van der Waals surface area contributed by atoms with Crippen LogP contribution in [0, 0.1) is 6.92 Å². The Hall–Kier alpha value is -1.83. The zero-order chi connectivity index (χ0) is 16.4. The summed E-state index contributed by atoms with van der Waals surface area (Å²) in [5, 5.41) is 3.83. The van der Waals surface area contributed by atoms with Crippen LogP contribution in [0.15, 0.2) is 28.8 Å². The first-order valence-corrected chi connectivity index (χ1v) is 7.73. The van der Waals surface area contributed by atoms with Gasteiger partial charge >= 0.3 is 0 Å². The zero-order valence-corrected chi connectivity index (χ0v) is 15.8. The fourth-order valence-electron chi connectivity index (χ4n) is 2.81. The van der Waals surface area contributed by atoms with E-state index in [0.29, 0.717) is 36.1 Å². The topological polar surface area (TPSA) is 88.5 Å². The van der Waals surface area contributed by atoms with Crippen LogP contribution in [-0.2, 0) is 0 Å². The van der Waals surface area contributed by atoms with Crippen molar-refractivity contribution in [1.82, 2.24) is 19.9 Å². The fourth-order valence-corrected chi connectivity index (χ4v) is 2.81. The van der Waals surface area contributed by atoms with Gasteiger partial charge in [0.05, 0.1) is 6.04 Å². The second-order valence-electron chi connectivity index (χ2n) is 5.81. The van der Waals surface area contributed by atoms with E-state index >= 15 is 0 Å². The Labute approximate surface area is 159 Å². The van der Waals surface area contributed by atoms with Crippen molar-refractivity contribution in [3.63, 3.8) is 0 Å². The van der Waals surface area contributed by atoms with Crippen LogP contribution in [-0.4, -0.2) is 52.0 Å². The van der Waals surface area contributed by atoms with Crippen LogP contribution in [0.1, 0.15) is 35.0 Å². The average molecular weight is 388 g/mol. The van der Waals surface area contributed by atoms with Crippen molar-refractivity contribution in [3.05, 3.63) is 41.5 Å². The number of carbonyl (C=O) groups excluding carboxylic acids is 1. The molecule has 2 N–H and O–H groups in total. The van der Waals surface area contributed by atoms with Gasteiger partial charge in [0.25, 0.3) is 5.91 Å². The molecule has 1 saturated heterocycles. The van der Waals surface area contributed by atoms with Crippen LogP contribution in [0.3, 0.4) is 0 Å². The molecule has 0 radical (unpaired) electrons. The van der Waals surface area contributed by atoms with E-state index in [0.717, 1.165) is 13.1 Å². The number of nitrogens with zero attached hydrogens (tertiary/aromatic N) is 4. The van der Waals surface area contributed by atoms with E-state index in [-0.39, 0.29) is 36.8 Å². The summed E-state index contributed by atoms with van der Waals surface area (Å²) in [6.45, 7) is 6.74. The molecule has 1 aliphatic rings. The van der Waals surface area contributed by atoms with Gasteiger partial charge in [-0.05, 0) is 32.0 Å². The van der Waals surface area contributed by atoms with Crippen LogP contribution < -0.4 is 5.73 Å². The van der Waals surface area contributed by atoms with Crippen LogP contribution >= 0.6 is 24.8 Å². The summed E-state index contributed by atoms with van der Waals surface area (Å²) in [6.07, 6.45) is 0. The Morgan fingerprint density at radius 3 is 2.48 bits per heavy atom. The molecule has 1 atom stereocenters. The first kappa shape index (κ1) is 21.2. The number of aromatic nitrogens is 2. The Balaban J connectivity index is 0.00000156. The third-order valence-corrected chi connectivity index (χ3v) is 4.18. The first-order chi connectivity index (χ1) is 11.0. The van der Waals surface area contributed by atoms with E-state index in [9.17, 15) is 4.79 Å². The molecule has 0 aliphatic carbocycles. The molecular weight excluding hydrogens is 365 g/mol. The van der Waals surface area contributed by atoms with E-state index in [4.69, 9.17) is 10.3 Å². The number of nitrogen functional groups attached to an aromatic ring is 1. The minimum atomic E-state index is 0. The van der Waals surface area contributed by atoms with Crippen molar-refractivity contribution in [2.24, 2.45) is 0 Å². The molecule has 25 heavy (non-hydrogen) atoms. The summed E-state index contributed by atoms with van der Waals surface area (Å²) >= 11 is 0. The highest BCUT2D eigenvalue weighted by Crippen LogP contribution is 2.21. The molecule has 2 aromatic rings. The zero-order valence-electron chi connectivity index (χ0n) is 14.2. The van der Waals surface area contributed by atoms with Gasteiger partial charge in [0.2, 0.25) is 5.89 Å². The highest BCUT2D eigenvalue weighted by molar-refractivity contribution is 5.95. The summed E-state index contributed by atoms with van der Waals surface area (Å²) in [6, 6.07) is 7.16. The lowest BCUT2D eigenvalue weighted by molar-refractivity contribution is 0.0551. The van der Waals surface area contributed by atoms with Gasteiger partial charge in [-0.25, -0.2) is 0 Å². The second-order valence-corrected chi connectivity index (χ2v) is 5.81. The predicted octanol–water partition coefficient (Wildman–Crippen LogP) is 2.32. The SMILES string of the molecule is Cc1noc(C(C)N2CCN(C(=O)c3cccc(N)c3)CC2)n1.Cl.Cl. The molecule has 3 rings (SSSR count). The second kappa shape index (κ2) is 9.03. The van der Waals surface area contributed by atoms with Crippen molar-refractivity contribution in [2.45, 2.75) is 19.9 Å². The molecule has 1 aromatic carbocycles. The van der Waals surface area contributed by atoms with Crippen LogP contribution in [0.5, 0.6) is 0 Å². The minimum absolute atomic E-state index is 0. The van der Waals surface area contributed by atoms with Gasteiger partial charge in [-0.15, -0.1) is 24.8 Å². The van der Waals surface area contributed by atoms with Crippen molar-refractivity contribution in [2.75, 3.05) is 31.9 Å². The Morgan fingerprint density at radius 1 is 1.24 bits per heavy atom. The summed E-state index contributed by atoms with van der Waals surface area (Å²) < 4.78 is 5.24. The summed E-state index contributed by atoms with van der Waals surface area (Å²) in [4.78, 5) is 20.9.